The Hall–Kier alpha value is -1.14. The van der Waals surface area contributed by atoms with Gasteiger partial charge in [-0.1, -0.05) is 0 Å². The Morgan fingerprint density at radius 3 is 2.15 bits per heavy atom. The van der Waals surface area contributed by atoms with Crippen LogP contribution < -0.4 is 11.1 Å². The van der Waals surface area contributed by atoms with Gasteiger partial charge in [-0.3, -0.25) is 9.59 Å². The van der Waals surface area contributed by atoms with Crippen molar-refractivity contribution in [3.8, 4) is 0 Å². The molecule has 75 valence electrons. The van der Waals surface area contributed by atoms with Crippen molar-refractivity contribution in [2.24, 2.45) is 5.73 Å². The first-order valence-corrected chi connectivity index (χ1v) is 3.68. The van der Waals surface area contributed by atoms with Gasteiger partial charge in [-0.05, 0) is 6.92 Å². The number of rotatable bonds is 5. The highest BCUT2D eigenvalue weighted by atomic mass is 16.3. The molecule has 0 heterocycles. The minimum atomic E-state index is -0.827. The predicted molar refractivity (Wildman–Crippen MR) is 44.2 cm³/mol. The van der Waals surface area contributed by atoms with Gasteiger partial charge in [0.2, 0.25) is 11.8 Å². The zero-order valence-corrected chi connectivity index (χ0v) is 7.28. The lowest BCUT2D eigenvalue weighted by molar-refractivity contribution is -0.125. The van der Waals surface area contributed by atoms with E-state index in [4.69, 9.17) is 15.9 Å². The van der Waals surface area contributed by atoms with Crippen LogP contribution in [0.2, 0.25) is 0 Å². The van der Waals surface area contributed by atoms with E-state index in [0.29, 0.717) is 0 Å². The van der Waals surface area contributed by atoms with Gasteiger partial charge in [-0.2, -0.15) is 0 Å². The Labute approximate surface area is 75.7 Å². The normalized spacial score (nSPS) is 10.5. The van der Waals surface area contributed by atoms with Crippen molar-refractivity contribution in [1.82, 2.24) is 5.32 Å². The van der Waals surface area contributed by atoms with Crippen molar-refractivity contribution in [2.75, 3.05) is 13.2 Å². The average molecular weight is 189 g/mol. The van der Waals surface area contributed by atoms with E-state index in [0.717, 1.165) is 0 Å². The SMILES string of the molecule is C[C](C(N)=O)C(=O)NC(CO)CO. The van der Waals surface area contributed by atoms with Gasteiger partial charge in [-0.25, -0.2) is 0 Å². The van der Waals surface area contributed by atoms with E-state index in [1.165, 1.54) is 6.92 Å². The number of aliphatic hydroxyl groups is 2. The molecule has 0 aromatic heterocycles. The van der Waals surface area contributed by atoms with Crippen molar-refractivity contribution < 1.29 is 19.8 Å². The molecule has 0 aliphatic carbocycles. The third-order valence-electron chi connectivity index (χ3n) is 1.49. The number of primary amides is 1. The summed E-state index contributed by atoms with van der Waals surface area (Å²) in [6.45, 7) is 0.478. The third kappa shape index (κ3) is 3.86. The lowest BCUT2D eigenvalue weighted by Gasteiger charge is -2.14. The van der Waals surface area contributed by atoms with Crippen LogP contribution in [-0.4, -0.2) is 41.3 Å². The molecule has 0 fully saturated rings. The van der Waals surface area contributed by atoms with Gasteiger partial charge >= 0.3 is 0 Å². The molecule has 0 saturated carbocycles. The van der Waals surface area contributed by atoms with E-state index in [9.17, 15) is 9.59 Å². The van der Waals surface area contributed by atoms with Gasteiger partial charge in [0.15, 0.2) is 0 Å². The Morgan fingerprint density at radius 2 is 1.85 bits per heavy atom. The number of nitrogens with one attached hydrogen (secondary N) is 1. The maximum absolute atomic E-state index is 11.0. The second-order valence-corrected chi connectivity index (χ2v) is 2.52. The highest BCUT2D eigenvalue weighted by Crippen LogP contribution is 1.96. The van der Waals surface area contributed by atoms with Crippen LogP contribution in [0.1, 0.15) is 6.92 Å². The van der Waals surface area contributed by atoms with Crippen LogP contribution >= 0.6 is 0 Å². The first-order chi connectivity index (χ1) is 6.02. The molecule has 1 radical (unpaired) electrons. The minimum absolute atomic E-state index is 0.160. The van der Waals surface area contributed by atoms with E-state index < -0.39 is 31.1 Å². The second-order valence-electron chi connectivity index (χ2n) is 2.52. The van der Waals surface area contributed by atoms with Crippen LogP contribution in [-0.2, 0) is 9.59 Å². The van der Waals surface area contributed by atoms with Crippen LogP contribution in [0, 0.1) is 5.92 Å². The summed E-state index contributed by atoms with van der Waals surface area (Å²) in [5.41, 5.74) is 4.83. The number of hydrogen-bond donors (Lipinski definition) is 4. The fraction of sp³-hybridized carbons (Fsp3) is 0.571. The lowest BCUT2D eigenvalue weighted by Crippen LogP contribution is -2.44. The third-order valence-corrected chi connectivity index (χ3v) is 1.49. The van der Waals surface area contributed by atoms with Crippen LogP contribution in [0.4, 0.5) is 0 Å². The maximum atomic E-state index is 11.0. The quantitative estimate of drug-likeness (QED) is 0.359. The molecule has 0 bridgehead atoms. The first kappa shape index (κ1) is 11.9. The van der Waals surface area contributed by atoms with Crippen molar-refractivity contribution in [2.45, 2.75) is 13.0 Å². The number of aliphatic hydroxyl groups excluding tert-OH is 2. The molecule has 0 unspecified atom stereocenters. The smallest absolute Gasteiger partial charge is 0.237 e. The lowest BCUT2D eigenvalue weighted by atomic mass is 10.1. The van der Waals surface area contributed by atoms with Crippen LogP contribution in [0.25, 0.3) is 0 Å². The number of nitrogens with two attached hydrogens (primary N) is 1. The van der Waals surface area contributed by atoms with Gasteiger partial charge in [-0.15, -0.1) is 0 Å². The van der Waals surface area contributed by atoms with Crippen molar-refractivity contribution in [1.29, 1.82) is 0 Å². The summed E-state index contributed by atoms with van der Waals surface area (Å²) in [6.07, 6.45) is 0. The Morgan fingerprint density at radius 1 is 1.38 bits per heavy atom. The molecule has 13 heavy (non-hydrogen) atoms. The fourth-order valence-electron chi connectivity index (χ4n) is 0.555. The summed E-state index contributed by atoms with van der Waals surface area (Å²) < 4.78 is 0. The first-order valence-electron chi connectivity index (χ1n) is 3.68. The summed E-state index contributed by atoms with van der Waals surface area (Å²) in [4.78, 5) is 21.5. The van der Waals surface area contributed by atoms with E-state index in [-0.39, 0.29) is 5.92 Å². The van der Waals surface area contributed by atoms with Crippen LogP contribution in [0.15, 0.2) is 0 Å². The van der Waals surface area contributed by atoms with E-state index >= 15 is 0 Å². The van der Waals surface area contributed by atoms with Gasteiger partial charge in [0.25, 0.3) is 0 Å². The highest BCUT2D eigenvalue weighted by molar-refractivity contribution is 6.13. The molecular formula is C7H13N2O4. The maximum Gasteiger partial charge on any atom is 0.237 e. The molecule has 6 nitrogen and oxygen atoms in total. The second kappa shape index (κ2) is 5.50. The molecule has 5 N–H and O–H groups in total. The average Bonchev–Trinajstić information content (AvgIpc) is 2.12. The molecule has 0 aliphatic heterocycles. The summed E-state index contributed by atoms with van der Waals surface area (Å²) in [5, 5.41) is 19.4. The van der Waals surface area contributed by atoms with E-state index in [2.05, 4.69) is 5.32 Å². The standard InChI is InChI=1S/C7H13N2O4/c1-4(6(8)12)7(13)9-5(2-10)3-11/h5,10-11H,2-3H2,1H3,(H2,8,12)(H,9,13). The van der Waals surface area contributed by atoms with Gasteiger partial charge in [0.1, 0.15) is 5.92 Å². The highest BCUT2D eigenvalue weighted by Gasteiger charge is 2.21. The van der Waals surface area contributed by atoms with E-state index in [1.807, 2.05) is 0 Å². The Bertz CT molecular complexity index is 191. The topological polar surface area (TPSA) is 113 Å². The molecule has 0 aliphatic rings. The summed E-state index contributed by atoms with van der Waals surface area (Å²) in [6, 6.07) is -0.762. The number of hydrogen-bond acceptors (Lipinski definition) is 4. The molecular weight excluding hydrogens is 176 g/mol. The molecule has 0 spiro atoms. The molecule has 0 atom stereocenters. The minimum Gasteiger partial charge on any atom is -0.394 e. The largest absolute Gasteiger partial charge is 0.394 e. The molecule has 0 rings (SSSR count). The Balaban J connectivity index is 4.05. The number of amides is 2. The molecule has 0 aromatic carbocycles. The molecule has 2 amide bonds. The van der Waals surface area contributed by atoms with Gasteiger partial charge in [0.05, 0.1) is 19.3 Å². The monoisotopic (exact) mass is 189 g/mol. The zero-order valence-electron chi connectivity index (χ0n) is 7.28. The fourth-order valence-corrected chi connectivity index (χ4v) is 0.555. The van der Waals surface area contributed by atoms with Crippen molar-refractivity contribution in [3.05, 3.63) is 5.92 Å². The van der Waals surface area contributed by atoms with Crippen molar-refractivity contribution >= 4 is 11.8 Å². The van der Waals surface area contributed by atoms with Crippen LogP contribution in [0.3, 0.4) is 0 Å². The molecule has 0 saturated heterocycles. The Kier molecular flexibility index (Phi) is 5.01. The predicted octanol–water partition coefficient (Wildman–Crippen LogP) is -2.46. The number of carbonyl (C=O) groups excluding carboxylic acids is 2. The van der Waals surface area contributed by atoms with E-state index in [1.54, 1.807) is 0 Å². The van der Waals surface area contributed by atoms with Crippen LogP contribution in [0.5, 0.6) is 0 Å². The number of carbonyl (C=O) groups is 2. The molecule has 0 aromatic rings. The van der Waals surface area contributed by atoms with Gasteiger partial charge < -0.3 is 21.3 Å². The summed E-state index contributed by atoms with van der Waals surface area (Å²) in [7, 11) is 0. The summed E-state index contributed by atoms with van der Waals surface area (Å²) in [5.74, 6) is -1.67. The zero-order chi connectivity index (χ0) is 10.4. The summed E-state index contributed by atoms with van der Waals surface area (Å²) >= 11 is 0. The van der Waals surface area contributed by atoms with Crippen molar-refractivity contribution in [3.63, 3.8) is 0 Å². The molecule has 6 heteroatoms. The van der Waals surface area contributed by atoms with Gasteiger partial charge in [0, 0.05) is 0 Å².